The van der Waals surface area contributed by atoms with Crippen molar-refractivity contribution in [3.63, 3.8) is 0 Å². The second-order valence-corrected chi connectivity index (χ2v) is 1.66. The number of hydrogen-bond acceptors (Lipinski definition) is 4. The number of ether oxygens (including phenoxy) is 2. The Labute approximate surface area is 64.0 Å². The van der Waals surface area contributed by atoms with E-state index in [2.05, 4.69) is 14.5 Å². The van der Waals surface area contributed by atoms with Gasteiger partial charge in [-0.3, -0.25) is 0 Å². The molecular formula is C6H9NO4. The van der Waals surface area contributed by atoms with Gasteiger partial charge in [0.2, 0.25) is 0 Å². The Hall–Kier alpha value is -1.39. The van der Waals surface area contributed by atoms with Gasteiger partial charge in [0.1, 0.15) is 5.71 Å². The van der Waals surface area contributed by atoms with Crippen LogP contribution in [-0.4, -0.2) is 32.0 Å². The lowest BCUT2D eigenvalue weighted by atomic mass is 10.4. The molecule has 0 aromatic carbocycles. The van der Waals surface area contributed by atoms with Crippen molar-refractivity contribution in [2.45, 2.75) is 6.92 Å². The van der Waals surface area contributed by atoms with Gasteiger partial charge in [-0.2, -0.15) is 4.99 Å². The van der Waals surface area contributed by atoms with Crippen molar-refractivity contribution in [2.24, 2.45) is 4.99 Å². The van der Waals surface area contributed by atoms with Gasteiger partial charge in [0, 0.05) is 0 Å². The topological polar surface area (TPSA) is 65.0 Å². The van der Waals surface area contributed by atoms with Crippen LogP contribution in [0.4, 0.5) is 4.79 Å². The van der Waals surface area contributed by atoms with Gasteiger partial charge >= 0.3 is 12.1 Å². The van der Waals surface area contributed by atoms with Gasteiger partial charge in [-0.15, -0.1) is 0 Å². The summed E-state index contributed by atoms with van der Waals surface area (Å²) < 4.78 is 8.46. The normalized spacial score (nSPS) is 10.6. The Balaban J connectivity index is 4.21. The number of hydrogen-bond donors (Lipinski definition) is 0. The standard InChI is InChI=1S/C6H9NO4/c1-4(5(8)10-2)7-6(9)11-3/h1-3H3. The van der Waals surface area contributed by atoms with E-state index < -0.39 is 12.1 Å². The van der Waals surface area contributed by atoms with E-state index in [-0.39, 0.29) is 5.71 Å². The van der Waals surface area contributed by atoms with Crippen LogP contribution >= 0.6 is 0 Å². The summed E-state index contributed by atoms with van der Waals surface area (Å²) in [6.07, 6.45) is -0.812. The first-order valence-electron chi connectivity index (χ1n) is 2.83. The van der Waals surface area contributed by atoms with Crippen LogP contribution < -0.4 is 0 Å². The molecule has 0 fully saturated rings. The average Bonchev–Trinajstić information content (AvgIpc) is 2.02. The van der Waals surface area contributed by atoms with E-state index in [1.54, 1.807) is 0 Å². The first kappa shape index (κ1) is 9.61. The number of rotatable bonds is 1. The highest BCUT2D eigenvalue weighted by atomic mass is 16.5. The van der Waals surface area contributed by atoms with Crippen molar-refractivity contribution in [2.75, 3.05) is 14.2 Å². The zero-order valence-electron chi connectivity index (χ0n) is 6.58. The number of aliphatic imine (C=N–C) groups is 1. The van der Waals surface area contributed by atoms with E-state index in [0.717, 1.165) is 0 Å². The molecule has 0 atom stereocenters. The second-order valence-electron chi connectivity index (χ2n) is 1.66. The van der Waals surface area contributed by atoms with E-state index in [0.29, 0.717) is 0 Å². The SMILES string of the molecule is COC(=O)N=C(C)C(=O)OC. The van der Waals surface area contributed by atoms with Gasteiger partial charge in [-0.05, 0) is 6.92 Å². The Morgan fingerprint density at radius 3 is 2.09 bits per heavy atom. The van der Waals surface area contributed by atoms with Crippen molar-refractivity contribution in [3.8, 4) is 0 Å². The van der Waals surface area contributed by atoms with Gasteiger partial charge < -0.3 is 9.47 Å². The minimum atomic E-state index is -0.812. The summed E-state index contributed by atoms with van der Waals surface area (Å²) in [6, 6.07) is 0. The molecule has 0 aliphatic rings. The average molecular weight is 159 g/mol. The summed E-state index contributed by atoms with van der Waals surface area (Å²) in [5, 5.41) is 0. The lowest BCUT2D eigenvalue weighted by Gasteiger charge is -1.95. The van der Waals surface area contributed by atoms with Crippen molar-refractivity contribution in [1.82, 2.24) is 0 Å². The Bertz CT molecular complexity index is 197. The molecule has 1 amide bonds. The monoisotopic (exact) mass is 159 g/mol. The van der Waals surface area contributed by atoms with Gasteiger partial charge in [-0.1, -0.05) is 0 Å². The summed E-state index contributed by atoms with van der Waals surface area (Å²) in [5.74, 6) is -0.643. The molecule has 0 heterocycles. The quantitative estimate of drug-likeness (QED) is 0.410. The van der Waals surface area contributed by atoms with Gasteiger partial charge in [0.25, 0.3) is 0 Å². The summed E-state index contributed by atoms with van der Waals surface area (Å²) in [4.78, 5) is 24.3. The van der Waals surface area contributed by atoms with Crippen molar-refractivity contribution >= 4 is 17.8 Å². The van der Waals surface area contributed by atoms with E-state index in [1.165, 1.54) is 21.1 Å². The number of carbonyl (C=O) groups excluding carboxylic acids is 2. The zero-order chi connectivity index (χ0) is 8.85. The summed E-state index contributed by atoms with van der Waals surface area (Å²) in [5.41, 5.74) is -0.0284. The predicted octanol–water partition coefficient (Wildman–Crippen LogP) is 0.387. The minimum Gasteiger partial charge on any atom is -0.465 e. The number of methoxy groups -OCH3 is 2. The summed E-state index contributed by atoms with van der Waals surface area (Å²) >= 11 is 0. The molecular weight excluding hydrogens is 150 g/mol. The van der Waals surface area contributed by atoms with E-state index >= 15 is 0 Å². The Morgan fingerprint density at radius 2 is 1.73 bits per heavy atom. The third-order valence-corrected chi connectivity index (χ3v) is 0.914. The Morgan fingerprint density at radius 1 is 1.18 bits per heavy atom. The molecule has 0 radical (unpaired) electrons. The Kier molecular flexibility index (Phi) is 3.87. The highest BCUT2D eigenvalue weighted by Crippen LogP contribution is 1.86. The number of carbonyl (C=O) groups is 2. The molecule has 0 aromatic rings. The molecule has 5 nitrogen and oxygen atoms in total. The van der Waals surface area contributed by atoms with Crippen LogP contribution in [0.2, 0.25) is 0 Å². The van der Waals surface area contributed by atoms with E-state index in [1.807, 2.05) is 0 Å². The van der Waals surface area contributed by atoms with E-state index in [4.69, 9.17) is 0 Å². The molecule has 0 saturated carbocycles. The fourth-order valence-corrected chi connectivity index (χ4v) is 0.376. The van der Waals surface area contributed by atoms with Crippen molar-refractivity contribution in [3.05, 3.63) is 0 Å². The van der Waals surface area contributed by atoms with Crippen molar-refractivity contribution in [1.29, 1.82) is 0 Å². The molecule has 62 valence electrons. The lowest BCUT2D eigenvalue weighted by molar-refractivity contribution is -0.132. The first-order chi connectivity index (χ1) is 5.11. The van der Waals surface area contributed by atoms with Crippen molar-refractivity contribution < 1.29 is 19.1 Å². The molecule has 0 N–H and O–H groups in total. The van der Waals surface area contributed by atoms with E-state index in [9.17, 15) is 9.59 Å². The summed E-state index contributed by atoms with van der Waals surface area (Å²) in [6.45, 7) is 1.36. The maximum Gasteiger partial charge on any atom is 0.433 e. The third kappa shape index (κ3) is 3.34. The van der Waals surface area contributed by atoms with Crippen LogP contribution in [0.3, 0.4) is 0 Å². The van der Waals surface area contributed by atoms with Gasteiger partial charge in [0.05, 0.1) is 14.2 Å². The molecule has 0 aliphatic heterocycles. The summed E-state index contributed by atoms with van der Waals surface area (Å²) in [7, 11) is 2.38. The minimum absolute atomic E-state index is 0.0284. The van der Waals surface area contributed by atoms with Crippen LogP contribution in [0.1, 0.15) is 6.92 Å². The highest BCUT2D eigenvalue weighted by molar-refractivity contribution is 6.36. The predicted molar refractivity (Wildman–Crippen MR) is 37.5 cm³/mol. The highest BCUT2D eigenvalue weighted by Gasteiger charge is 2.06. The fraction of sp³-hybridized carbons (Fsp3) is 0.500. The second kappa shape index (κ2) is 4.43. The largest absolute Gasteiger partial charge is 0.465 e. The molecule has 0 unspecified atom stereocenters. The van der Waals surface area contributed by atoms with Gasteiger partial charge in [0.15, 0.2) is 0 Å². The van der Waals surface area contributed by atoms with Crippen LogP contribution in [0.15, 0.2) is 4.99 Å². The fourth-order valence-electron chi connectivity index (χ4n) is 0.376. The van der Waals surface area contributed by atoms with Crippen LogP contribution in [0, 0.1) is 0 Å². The van der Waals surface area contributed by atoms with Gasteiger partial charge in [-0.25, -0.2) is 9.59 Å². The van der Waals surface area contributed by atoms with Crippen LogP contribution in [0.5, 0.6) is 0 Å². The number of esters is 1. The third-order valence-electron chi connectivity index (χ3n) is 0.914. The van der Waals surface area contributed by atoms with Crippen LogP contribution in [-0.2, 0) is 14.3 Å². The smallest absolute Gasteiger partial charge is 0.433 e. The first-order valence-corrected chi connectivity index (χ1v) is 2.83. The maximum atomic E-state index is 10.6. The lowest BCUT2D eigenvalue weighted by Crippen LogP contribution is -2.13. The molecule has 11 heavy (non-hydrogen) atoms. The maximum absolute atomic E-state index is 10.6. The molecule has 0 bridgehead atoms. The molecule has 5 heteroatoms. The molecule has 0 rings (SSSR count). The molecule has 0 spiro atoms. The van der Waals surface area contributed by atoms with Crippen LogP contribution in [0.25, 0.3) is 0 Å². The molecule has 0 saturated heterocycles. The zero-order valence-corrected chi connectivity index (χ0v) is 6.58. The number of amides is 1. The molecule has 0 aliphatic carbocycles. The number of nitrogens with zero attached hydrogens (tertiary/aromatic N) is 1. The molecule has 0 aromatic heterocycles.